The molecule has 5 rings (SSSR count). The first kappa shape index (κ1) is 25.7. The monoisotopic (exact) mass is 521 g/mol. The molecule has 5 aromatic rings. The molecule has 2 aromatic heterocycles. The van der Waals surface area contributed by atoms with E-state index in [4.69, 9.17) is 0 Å². The highest BCUT2D eigenvalue weighted by Crippen LogP contribution is 2.31. The first-order chi connectivity index (χ1) is 18.7. The number of fused-ring (bicyclic) bond motifs is 1. The van der Waals surface area contributed by atoms with Crippen molar-refractivity contribution in [1.82, 2.24) is 9.55 Å². The highest BCUT2D eigenvalue weighted by Gasteiger charge is 2.17. The molecule has 8 heteroatoms. The SMILES string of the molecule is CNc1cc2c(cn1)cc(-c1cc(NC(=O)Nc3ccc(C)cc3-c3ccccc3)c(F)cc1C)c(=O)n2C. The van der Waals surface area contributed by atoms with Gasteiger partial charge in [-0.25, -0.2) is 14.2 Å². The molecule has 0 aliphatic heterocycles. The van der Waals surface area contributed by atoms with Crippen molar-refractivity contribution in [1.29, 1.82) is 0 Å². The van der Waals surface area contributed by atoms with Crippen LogP contribution in [0.2, 0.25) is 0 Å². The molecule has 0 unspecified atom stereocenters. The number of aromatic nitrogens is 2. The number of amides is 2. The minimum absolute atomic E-state index is 0.0349. The van der Waals surface area contributed by atoms with Gasteiger partial charge in [0.15, 0.2) is 0 Å². The number of hydrogen-bond acceptors (Lipinski definition) is 4. The summed E-state index contributed by atoms with van der Waals surface area (Å²) in [6, 6.07) is 21.2. The van der Waals surface area contributed by atoms with Gasteiger partial charge in [-0.1, -0.05) is 42.0 Å². The summed E-state index contributed by atoms with van der Waals surface area (Å²) >= 11 is 0. The third kappa shape index (κ3) is 5.09. The molecule has 196 valence electrons. The number of benzene rings is 3. The van der Waals surface area contributed by atoms with Crippen LogP contribution >= 0.6 is 0 Å². The zero-order valence-electron chi connectivity index (χ0n) is 22.1. The van der Waals surface area contributed by atoms with Crippen LogP contribution in [-0.2, 0) is 7.05 Å². The molecule has 39 heavy (non-hydrogen) atoms. The second-order valence-corrected chi connectivity index (χ2v) is 9.44. The number of hydrogen-bond donors (Lipinski definition) is 3. The van der Waals surface area contributed by atoms with Crippen molar-refractivity contribution in [2.24, 2.45) is 7.05 Å². The Balaban J connectivity index is 1.49. The lowest BCUT2D eigenvalue weighted by molar-refractivity contribution is 0.262. The van der Waals surface area contributed by atoms with Gasteiger partial charge in [-0.3, -0.25) is 4.79 Å². The van der Waals surface area contributed by atoms with Crippen LogP contribution < -0.4 is 21.5 Å². The Kier molecular flexibility index (Phi) is 6.85. The number of anilines is 3. The summed E-state index contributed by atoms with van der Waals surface area (Å²) in [5.74, 6) is 0.0428. The van der Waals surface area contributed by atoms with Crippen molar-refractivity contribution in [3.63, 3.8) is 0 Å². The van der Waals surface area contributed by atoms with Crippen LogP contribution in [0.4, 0.5) is 26.4 Å². The van der Waals surface area contributed by atoms with Gasteiger partial charge in [0.1, 0.15) is 11.6 Å². The molecule has 2 amide bonds. The number of carbonyl (C=O) groups excluding carboxylic acids is 1. The lowest BCUT2D eigenvalue weighted by Gasteiger charge is -2.16. The van der Waals surface area contributed by atoms with Gasteiger partial charge in [-0.15, -0.1) is 0 Å². The van der Waals surface area contributed by atoms with Crippen LogP contribution in [0, 0.1) is 19.7 Å². The van der Waals surface area contributed by atoms with E-state index in [-0.39, 0.29) is 11.2 Å². The first-order valence-electron chi connectivity index (χ1n) is 12.5. The minimum atomic E-state index is -0.600. The predicted molar refractivity (Wildman–Crippen MR) is 156 cm³/mol. The minimum Gasteiger partial charge on any atom is -0.373 e. The fourth-order valence-electron chi connectivity index (χ4n) is 4.65. The second kappa shape index (κ2) is 10.4. The second-order valence-electron chi connectivity index (χ2n) is 9.44. The van der Waals surface area contributed by atoms with Gasteiger partial charge in [0.25, 0.3) is 5.56 Å². The Morgan fingerprint density at radius 2 is 1.62 bits per heavy atom. The van der Waals surface area contributed by atoms with E-state index in [0.717, 1.165) is 22.1 Å². The maximum absolute atomic E-state index is 15.0. The topological polar surface area (TPSA) is 88.1 Å². The number of nitrogens with one attached hydrogen (secondary N) is 3. The Hall–Kier alpha value is -4.98. The van der Waals surface area contributed by atoms with E-state index < -0.39 is 11.8 Å². The number of nitrogens with zero attached hydrogens (tertiary/aromatic N) is 2. The van der Waals surface area contributed by atoms with Crippen LogP contribution in [0.15, 0.2) is 83.8 Å². The molecule has 0 bridgehead atoms. The summed E-state index contributed by atoms with van der Waals surface area (Å²) in [5.41, 5.74) is 5.35. The van der Waals surface area contributed by atoms with Crippen LogP contribution in [0.3, 0.4) is 0 Å². The van der Waals surface area contributed by atoms with Crippen molar-refractivity contribution in [3.8, 4) is 22.3 Å². The molecule has 0 radical (unpaired) electrons. The molecule has 3 aromatic carbocycles. The summed E-state index contributed by atoms with van der Waals surface area (Å²) in [4.78, 5) is 30.7. The third-order valence-electron chi connectivity index (χ3n) is 6.72. The first-order valence-corrected chi connectivity index (χ1v) is 12.5. The highest BCUT2D eigenvalue weighted by molar-refractivity contribution is 6.03. The fourth-order valence-corrected chi connectivity index (χ4v) is 4.65. The fraction of sp³-hybridized carbons (Fsp3) is 0.129. The quantitative estimate of drug-likeness (QED) is 0.240. The molecule has 0 aliphatic rings. The van der Waals surface area contributed by atoms with E-state index in [1.807, 2.05) is 55.5 Å². The molecule has 0 spiro atoms. The summed E-state index contributed by atoms with van der Waals surface area (Å²) in [6.45, 7) is 3.71. The van der Waals surface area contributed by atoms with Gasteiger partial charge < -0.3 is 20.5 Å². The van der Waals surface area contributed by atoms with Crippen LogP contribution in [0.5, 0.6) is 0 Å². The number of rotatable bonds is 5. The van der Waals surface area contributed by atoms with Crippen LogP contribution in [-0.4, -0.2) is 22.6 Å². The van der Waals surface area contributed by atoms with Crippen molar-refractivity contribution in [3.05, 3.63) is 106 Å². The standard InChI is InChI=1S/C31H28FN5O2/c1-18-10-11-26(23(12-18)20-8-6-5-7-9-20)35-31(39)36-27-15-22(19(2)13-25(27)32)24-14-21-17-34-29(33-3)16-28(21)37(4)30(24)38/h5-17H,1-4H3,(H,33,34)(H2,35,36,39). The maximum Gasteiger partial charge on any atom is 0.323 e. The zero-order valence-corrected chi connectivity index (χ0v) is 22.1. The molecule has 2 heterocycles. The summed E-state index contributed by atoms with van der Waals surface area (Å²) in [6.07, 6.45) is 1.68. The van der Waals surface area contributed by atoms with E-state index in [1.54, 1.807) is 39.3 Å². The third-order valence-corrected chi connectivity index (χ3v) is 6.72. The molecule has 0 aliphatic carbocycles. The largest absolute Gasteiger partial charge is 0.373 e. The number of aryl methyl sites for hydroxylation is 3. The average molecular weight is 522 g/mol. The summed E-state index contributed by atoms with van der Waals surface area (Å²) < 4.78 is 16.6. The average Bonchev–Trinajstić information content (AvgIpc) is 2.93. The number of urea groups is 1. The molecule has 0 atom stereocenters. The molecule has 0 fully saturated rings. The van der Waals surface area contributed by atoms with Gasteiger partial charge in [-0.2, -0.15) is 0 Å². The van der Waals surface area contributed by atoms with Gasteiger partial charge in [0.2, 0.25) is 0 Å². The van der Waals surface area contributed by atoms with E-state index in [1.165, 1.54) is 16.7 Å². The lowest BCUT2D eigenvalue weighted by atomic mass is 9.99. The van der Waals surface area contributed by atoms with Crippen molar-refractivity contribution < 1.29 is 9.18 Å². The maximum atomic E-state index is 15.0. The predicted octanol–water partition coefficient (Wildman–Crippen LogP) is 6.71. The Labute approximate surface area is 225 Å². The molecule has 0 saturated carbocycles. The van der Waals surface area contributed by atoms with Crippen molar-refractivity contribution in [2.75, 3.05) is 23.0 Å². The van der Waals surface area contributed by atoms with E-state index >= 15 is 4.39 Å². The Bertz CT molecular complexity index is 1780. The lowest BCUT2D eigenvalue weighted by Crippen LogP contribution is -2.21. The Morgan fingerprint density at radius 1 is 0.872 bits per heavy atom. The molecule has 7 nitrogen and oxygen atoms in total. The van der Waals surface area contributed by atoms with Crippen molar-refractivity contribution >= 4 is 34.1 Å². The Morgan fingerprint density at radius 3 is 2.36 bits per heavy atom. The van der Waals surface area contributed by atoms with E-state index in [0.29, 0.717) is 33.7 Å². The van der Waals surface area contributed by atoms with Gasteiger partial charge in [0, 0.05) is 42.9 Å². The van der Waals surface area contributed by atoms with E-state index in [2.05, 4.69) is 20.9 Å². The smallest absolute Gasteiger partial charge is 0.323 e. The van der Waals surface area contributed by atoms with Gasteiger partial charge in [0.05, 0.1) is 16.9 Å². The highest BCUT2D eigenvalue weighted by atomic mass is 19.1. The van der Waals surface area contributed by atoms with E-state index in [9.17, 15) is 9.59 Å². The number of halogens is 1. The summed E-state index contributed by atoms with van der Waals surface area (Å²) in [5, 5.41) is 9.20. The normalized spacial score (nSPS) is 10.9. The van der Waals surface area contributed by atoms with Gasteiger partial charge >= 0.3 is 6.03 Å². The van der Waals surface area contributed by atoms with Crippen molar-refractivity contribution in [2.45, 2.75) is 13.8 Å². The van der Waals surface area contributed by atoms with Crippen LogP contribution in [0.1, 0.15) is 11.1 Å². The molecular formula is C31H28FN5O2. The summed E-state index contributed by atoms with van der Waals surface area (Å²) in [7, 11) is 3.44. The van der Waals surface area contributed by atoms with Gasteiger partial charge in [-0.05, 0) is 60.9 Å². The van der Waals surface area contributed by atoms with Crippen LogP contribution in [0.25, 0.3) is 33.2 Å². The number of carbonyl (C=O) groups is 1. The molecular weight excluding hydrogens is 493 g/mol. The number of pyridine rings is 2. The zero-order chi connectivity index (χ0) is 27.7. The molecule has 0 saturated heterocycles. The molecule has 3 N–H and O–H groups in total.